The molecular weight excluding hydrogens is 294 g/mol. The van der Waals surface area contributed by atoms with E-state index in [-0.39, 0.29) is 0 Å². The second-order valence-electron chi connectivity index (χ2n) is 4.00. The molecule has 0 fully saturated rings. The van der Waals surface area contributed by atoms with Crippen molar-refractivity contribution in [1.29, 1.82) is 0 Å². The highest BCUT2D eigenvalue weighted by Gasteiger charge is 2.15. The lowest BCUT2D eigenvalue weighted by Gasteiger charge is -2.05. The van der Waals surface area contributed by atoms with Crippen LogP contribution in [0.5, 0.6) is 5.75 Å². The summed E-state index contributed by atoms with van der Waals surface area (Å²) >= 11 is 3.62. The molecule has 0 radical (unpaired) electrons. The van der Waals surface area contributed by atoms with E-state index in [0.717, 1.165) is 33.7 Å². The molecule has 18 heavy (non-hydrogen) atoms. The summed E-state index contributed by atoms with van der Waals surface area (Å²) in [6, 6.07) is 7.96. The average molecular weight is 310 g/mol. The molecule has 0 aliphatic heterocycles. The van der Waals surface area contributed by atoms with E-state index >= 15 is 0 Å². The lowest BCUT2D eigenvalue weighted by atomic mass is 10.1. The number of methoxy groups -OCH3 is 1. The van der Waals surface area contributed by atoms with Gasteiger partial charge >= 0.3 is 0 Å². The van der Waals surface area contributed by atoms with Gasteiger partial charge < -0.3 is 10.1 Å². The molecule has 1 aromatic heterocycles. The summed E-state index contributed by atoms with van der Waals surface area (Å²) in [6.07, 6.45) is 0. The molecule has 96 valence electrons. The highest BCUT2D eigenvalue weighted by Crippen LogP contribution is 2.32. The van der Waals surface area contributed by atoms with E-state index in [2.05, 4.69) is 26.3 Å². The largest absolute Gasteiger partial charge is 0.497 e. The maximum absolute atomic E-state index is 5.25. The van der Waals surface area contributed by atoms with Gasteiger partial charge in [0.25, 0.3) is 0 Å². The third-order valence-corrected chi connectivity index (χ3v) is 3.58. The molecule has 0 aliphatic carbocycles. The summed E-state index contributed by atoms with van der Waals surface area (Å²) in [5.41, 5.74) is 3.13. The lowest BCUT2D eigenvalue weighted by Crippen LogP contribution is -2.06. The van der Waals surface area contributed by atoms with Crippen molar-refractivity contribution in [2.24, 2.45) is 7.05 Å². The van der Waals surface area contributed by atoms with Crippen LogP contribution >= 0.6 is 15.9 Å². The number of rotatable bonds is 4. The minimum atomic E-state index is 0.735. The number of aromatic nitrogens is 2. The summed E-state index contributed by atoms with van der Waals surface area (Å²) in [5.74, 6) is 0.843. The van der Waals surface area contributed by atoms with Crippen molar-refractivity contribution in [3.05, 3.63) is 34.4 Å². The van der Waals surface area contributed by atoms with Crippen LogP contribution in [0.1, 0.15) is 5.69 Å². The van der Waals surface area contributed by atoms with E-state index in [9.17, 15) is 0 Å². The number of halogens is 1. The van der Waals surface area contributed by atoms with Crippen molar-refractivity contribution in [2.75, 3.05) is 14.2 Å². The van der Waals surface area contributed by atoms with Crippen LogP contribution < -0.4 is 10.1 Å². The Morgan fingerprint density at radius 3 is 2.89 bits per heavy atom. The summed E-state index contributed by atoms with van der Waals surface area (Å²) in [7, 11) is 5.52. The van der Waals surface area contributed by atoms with Crippen molar-refractivity contribution in [3.63, 3.8) is 0 Å². The third kappa shape index (κ3) is 2.42. The lowest BCUT2D eigenvalue weighted by molar-refractivity contribution is 0.415. The molecule has 0 saturated heterocycles. The zero-order chi connectivity index (χ0) is 13.1. The molecule has 4 nitrogen and oxygen atoms in total. The Labute approximate surface area is 115 Å². The van der Waals surface area contributed by atoms with Crippen LogP contribution in [0.25, 0.3) is 11.3 Å². The molecule has 1 aromatic carbocycles. The fraction of sp³-hybridized carbons (Fsp3) is 0.308. The summed E-state index contributed by atoms with van der Waals surface area (Å²) in [6.45, 7) is 0.735. The van der Waals surface area contributed by atoms with Crippen LogP contribution in [0.3, 0.4) is 0 Å². The first-order chi connectivity index (χ1) is 8.67. The first kappa shape index (κ1) is 13.1. The predicted molar refractivity (Wildman–Crippen MR) is 75.7 cm³/mol. The van der Waals surface area contributed by atoms with Crippen molar-refractivity contribution >= 4 is 15.9 Å². The Kier molecular flexibility index (Phi) is 4.04. The van der Waals surface area contributed by atoms with Gasteiger partial charge in [-0.25, -0.2) is 0 Å². The normalized spacial score (nSPS) is 10.7. The fourth-order valence-electron chi connectivity index (χ4n) is 1.92. The first-order valence-electron chi connectivity index (χ1n) is 5.67. The standard InChI is InChI=1S/C13H16BrN3O/c1-15-8-11-12(14)13(17(2)16-11)9-5-4-6-10(7-9)18-3/h4-7,15H,8H2,1-3H3. The molecule has 1 N–H and O–H groups in total. The zero-order valence-electron chi connectivity index (χ0n) is 10.7. The maximum Gasteiger partial charge on any atom is 0.119 e. The minimum absolute atomic E-state index is 0.735. The minimum Gasteiger partial charge on any atom is -0.497 e. The zero-order valence-corrected chi connectivity index (χ0v) is 12.3. The smallest absolute Gasteiger partial charge is 0.119 e. The summed E-state index contributed by atoms with van der Waals surface area (Å²) in [4.78, 5) is 0. The monoisotopic (exact) mass is 309 g/mol. The van der Waals surface area contributed by atoms with E-state index in [1.54, 1.807) is 7.11 Å². The van der Waals surface area contributed by atoms with Gasteiger partial charge in [0, 0.05) is 19.2 Å². The second-order valence-corrected chi connectivity index (χ2v) is 4.79. The quantitative estimate of drug-likeness (QED) is 0.943. The van der Waals surface area contributed by atoms with Crippen molar-refractivity contribution in [3.8, 4) is 17.0 Å². The summed E-state index contributed by atoms with van der Waals surface area (Å²) in [5, 5.41) is 7.61. The SMILES string of the molecule is CNCc1nn(C)c(-c2cccc(OC)c2)c1Br. The number of hydrogen-bond acceptors (Lipinski definition) is 3. The summed E-state index contributed by atoms with van der Waals surface area (Å²) < 4.78 is 8.15. The van der Waals surface area contributed by atoms with Crippen molar-refractivity contribution < 1.29 is 4.74 Å². The van der Waals surface area contributed by atoms with Crippen LogP contribution in [-0.4, -0.2) is 23.9 Å². The number of ether oxygens (including phenoxy) is 1. The molecule has 0 bridgehead atoms. The molecule has 2 aromatic rings. The van der Waals surface area contributed by atoms with Crippen LogP contribution in [0.2, 0.25) is 0 Å². The van der Waals surface area contributed by atoms with E-state index in [1.807, 2.05) is 43.0 Å². The highest BCUT2D eigenvalue weighted by molar-refractivity contribution is 9.10. The second kappa shape index (κ2) is 5.54. The number of hydrogen-bond donors (Lipinski definition) is 1. The van der Waals surface area contributed by atoms with Gasteiger partial charge in [0.05, 0.1) is 23.0 Å². The number of nitrogens with one attached hydrogen (secondary N) is 1. The fourth-order valence-corrected chi connectivity index (χ4v) is 2.62. The average Bonchev–Trinajstić information content (AvgIpc) is 2.65. The molecule has 0 aliphatic rings. The number of aryl methyl sites for hydroxylation is 1. The molecule has 5 heteroatoms. The Morgan fingerprint density at radius 1 is 1.44 bits per heavy atom. The third-order valence-electron chi connectivity index (χ3n) is 2.74. The Bertz CT molecular complexity index is 551. The maximum atomic E-state index is 5.25. The van der Waals surface area contributed by atoms with E-state index in [0.29, 0.717) is 0 Å². The van der Waals surface area contributed by atoms with Gasteiger partial charge in [0.1, 0.15) is 5.75 Å². The molecule has 0 amide bonds. The van der Waals surface area contributed by atoms with Crippen LogP contribution in [0.4, 0.5) is 0 Å². The van der Waals surface area contributed by atoms with Gasteiger partial charge in [0.15, 0.2) is 0 Å². The molecular formula is C13H16BrN3O. The molecule has 0 saturated carbocycles. The molecule has 0 unspecified atom stereocenters. The Hall–Kier alpha value is -1.33. The van der Waals surface area contributed by atoms with E-state index in [1.165, 1.54) is 0 Å². The van der Waals surface area contributed by atoms with Gasteiger partial charge in [-0.3, -0.25) is 4.68 Å². The predicted octanol–water partition coefficient (Wildman–Crippen LogP) is 2.58. The first-order valence-corrected chi connectivity index (χ1v) is 6.47. The Balaban J connectivity index is 2.49. The molecule has 1 heterocycles. The van der Waals surface area contributed by atoms with E-state index < -0.39 is 0 Å². The van der Waals surface area contributed by atoms with Gasteiger partial charge in [-0.1, -0.05) is 12.1 Å². The van der Waals surface area contributed by atoms with Crippen LogP contribution in [-0.2, 0) is 13.6 Å². The highest BCUT2D eigenvalue weighted by atomic mass is 79.9. The van der Waals surface area contributed by atoms with Crippen LogP contribution in [0.15, 0.2) is 28.7 Å². The van der Waals surface area contributed by atoms with Crippen LogP contribution in [0, 0.1) is 0 Å². The van der Waals surface area contributed by atoms with Gasteiger partial charge in [-0.15, -0.1) is 0 Å². The van der Waals surface area contributed by atoms with Gasteiger partial charge in [-0.2, -0.15) is 5.10 Å². The molecule has 0 spiro atoms. The number of nitrogens with zero attached hydrogens (tertiary/aromatic N) is 2. The topological polar surface area (TPSA) is 39.1 Å². The van der Waals surface area contributed by atoms with Gasteiger partial charge in [-0.05, 0) is 35.1 Å². The van der Waals surface area contributed by atoms with E-state index in [4.69, 9.17) is 4.74 Å². The number of benzene rings is 1. The van der Waals surface area contributed by atoms with Gasteiger partial charge in [0.2, 0.25) is 0 Å². The Morgan fingerprint density at radius 2 is 2.22 bits per heavy atom. The van der Waals surface area contributed by atoms with Crippen molar-refractivity contribution in [2.45, 2.75) is 6.54 Å². The molecule has 2 rings (SSSR count). The van der Waals surface area contributed by atoms with Crippen molar-refractivity contribution in [1.82, 2.24) is 15.1 Å². The molecule has 0 atom stereocenters.